The summed E-state index contributed by atoms with van der Waals surface area (Å²) in [4.78, 5) is 4.52. The number of halogens is 3. The van der Waals surface area contributed by atoms with E-state index in [1.54, 1.807) is 6.34 Å². The zero-order chi connectivity index (χ0) is 14.7. The van der Waals surface area contributed by atoms with Crippen LogP contribution in [0.1, 0.15) is 5.56 Å². The van der Waals surface area contributed by atoms with Gasteiger partial charge in [-0.3, -0.25) is 4.99 Å². The molecule has 2 aromatic carbocycles. The van der Waals surface area contributed by atoms with E-state index >= 15 is 0 Å². The van der Waals surface area contributed by atoms with Gasteiger partial charge in [-0.05, 0) is 23.4 Å². The minimum Gasteiger partial charge on any atom is -0.331 e. The number of benzene rings is 2. The van der Waals surface area contributed by atoms with Crippen LogP contribution in [0.3, 0.4) is 0 Å². The molecular weight excluding hydrogens is 448 g/mol. The number of aliphatic imine (C=N–C) groups is 1. The van der Waals surface area contributed by atoms with E-state index < -0.39 is 0 Å². The quantitative estimate of drug-likeness (QED) is 0.692. The topological polar surface area (TPSA) is 36.8 Å². The molecule has 3 nitrogen and oxygen atoms in total. The van der Waals surface area contributed by atoms with E-state index in [0.29, 0.717) is 11.9 Å². The maximum Gasteiger partial charge on any atom is 0.133 e. The van der Waals surface area contributed by atoms with E-state index in [1.807, 2.05) is 24.3 Å². The number of hydrogen-bond donors (Lipinski definition) is 1. The Hall–Kier alpha value is -1.15. The molecule has 0 unspecified atom stereocenters. The fourth-order valence-corrected chi connectivity index (χ4v) is 3.92. The highest BCUT2D eigenvalue weighted by atomic mass is 127. The molecule has 0 bridgehead atoms. The summed E-state index contributed by atoms with van der Waals surface area (Å²) < 4.78 is 21.0. The minimum atomic E-state index is -0.246. The molecule has 108 valence electrons. The number of nitrogens with one attached hydrogen (secondary N) is 1. The average molecular weight is 460 g/mol. The van der Waals surface area contributed by atoms with Crippen LogP contribution in [-0.2, 0) is 6.42 Å². The van der Waals surface area contributed by atoms with Gasteiger partial charge in [0, 0.05) is 41.4 Å². The van der Waals surface area contributed by atoms with Gasteiger partial charge in [0.15, 0.2) is 0 Å². The third-order valence-corrected chi connectivity index (χ3v) is 5.34. The van der Waals surface area contributed by atoms with Crippen LogP contribution in [0.4, 0.5) is 4.39 Å². The summed E-state index contributed by atoms with van der Waals surface area (Å²) in [7, 11) is 0. The first-order chi connectivity index (χ1) is 10.3. The maximum absolute atomic E-state index is 14.0. The van der Waals surface area contributed by atoms with E-state index in [0.717, 1.165) is 27.7 Å². The Kier molecular flexibility index (Phi) is 4.74. The molecule has 0 saturated heterocycles. The standard InChI is InChI=1S/C15H12BrFIN3/c16-13-7-14(17)12-4-2-1-3-10(12)11(13)5-6-19-15-8-18-21-9-20-15/h1-4,7-9H,5-6H2,(H,19,20,21). The SMILES string of the molecule is Fc1cc(Br)c(CCN=C2C=IN=CN2)c2ccccc12. The lowest BCUT2D eigenvalue weighted by molar-refractivity contribution is 0.638. The van der Waals surface area contributed by atoms with Crippen LogP contribution in [0.2, 0.25) is 0 Å². The zero-order valence-corrected chi connectivity index (χ0v) is 14.7. The fraction of sp³-hybridized carbons (Fsp3) is 0.133. The van der Waals surface area contributed by atoms with Gasteiger partial charge >= 0.3 is 0 Å². The summed E-state index contributed by atoms with van der Waals surface area (Å²) in [5.41, 5.74) is 1.09. The van der Waals surface area contributed by atoms with Gasteiger partial charge in [-0.1, -0.05) is 40.2 Å². The maximum atomic E-state index is 14.0. The van der Waals surface area contributed by atoms with Crippen LogP contribution >= 0.6 is 36.9 Å². The Morgan fingerprint density at radius 1 is 1.29 bits per heavy atom. The Morgan fingerprint density at radius 3 is 2.86 bits per heavy atom. The second kappa shape index (κ2) is 6.74. The number of rotatable bonds is 3. The third-order valence-electron chi connectivity index (χ3n) is 3.16. The van der Waals surface area contributed by atoms with E-state index in [-0.39, 0.29) is 26.8 Å². The van der Waals surface area contributed by atoms with E-state index in [1.165, 1.54) is 6.07 Å². The van der Waals surface area contributed by atoms with Crippen molar-refractivity contribution < 1.29 is 4.39 Å². The molecule has 1 aliphatic rings. The first-order valence-corrected chi connectivity index (χ1v) is 9.40. The van der Waals surface area contributed by atoms with Crippen molar-refractivity contribution in [1.29, 1.82) is 0 Å². The highest BCUT2D eigenvalue weighted by Crippen LogP contribution is 2.29. The predicted octanol–water partition coefficient (Wildman–Crippen LogP) is 4.00. The second-order valence-corrected chi connectivity index (χ2v) is 7.05. The molecule has 0 amide bonds. The van der Waals surface area contributed by atoms with E-state index in [4.69, 9.17) is 0 Å². The van der Waals surface area contributed by atoms with Crippen molar-refractivity contribution in [3.05, 3.63) is 46.2 Å². The summed E-state index contributed by atoms with van der Waals surface area (Å²) >= 11 is 3.22. The lowest BCUT2D eigenvalue weighted by Gasteiger charge is -2.10. The molecule has 1 aliphatic heterocycles. The van der Waals surface area contributed by atoms with E-state index in [9.17, 15) is 4.39 Å². The van der Waals surface area contributed by atoms with Crippen molar-refractivity contribution in [2.75, 3.05) is 6.54 Å². The fourth-order valence-electron chi connectivity index (χ4n) is 2.21. The van der Waals surface area contributed by atoms with Crippen LogP contribution in [0.25, 0.3) is 10.8 Å². The van der Waals surface area contributed by atoms with Crippen LogP contribution in [0.15, 0.2) is 43.0 Å². The summed E-state index contributed by atoms with van der Waals surface area (Å²) in [5, 5.41) is 4.62. The molecule has 0 aromatic heterocycles. The molecule has 0 spiro atoms. The Labute approximate surface area is 140 Å². The van der Waals surface area contributed by atoms with Crippen LogP contribution in [0, 0.1) is 5.82 Å². The van der Waals surface area contributed by atoms with Crippen molar-refractivity contribution in [3.8, 4) is 0 Å². The van der Waals surface area contributed by atoms with Crippen molar-refractivity contribution in [1.82, 2.24) is 5.32 Å². The molecule has 0 radical (unpaired) electrons. The molecule has 21 heavy (non-hydrogen) atoms. The van der Waals surface area contributed by atoms with Crippen molar-refractivity contribution in [2.24, 2.45) is 8.20 Å². The summed E-state index contributed by atoms with van der Waals surface area (Å²) in [6.45, 7) is 0.657. The normalized spacial score (nSPS) is 16.0. The molecule has 0 fully saturated rings. The molecule has 0 atom stereocenters. The summed E-state index contributed by atoms with van der Waals surface area (Å²) in [6.07, 6.45) is 2.46. The molecule has 3 rings (SSSR count). The number of amidine groups is 1. The molecule has 1 heterocycles. The second-order valence-electron chi connectivity index (χ2n) is 4.46. The lowest BCUT2D eigenvalue weighted by atomic mass is 10.0. The number of fused-ring (bicyclic) bond motifs is 1. The average Bonchev–Trinajstić information content (AvgIpc) is 2.51. The number of nitrogens with zero attached hydrogens (tertiary/aromatic N) is 2. The number of hydrogen-bond acceptors (Lipinski definition) is 2. The van der Waals surface area contributed by atoms with Crippen molar-refractivity contribution >= 4 is 63.9 Å². The smallest absolute Gasteiger partial charge is 0.133 e. The molecule has 0 saturated carbocycles. The van der Waals surface area contributed by atoms with Gasteiger partial charge in [-0.2, -0.15) is 0 Å². The zero-order valence-electron chi connectivity index (χ0n) is 11.0. The molecule has 6 heteroatoms. The molecular formula is C15H12BrFIN3. The van der Waals surface area contributed by atoms with Gasteiger partial charge < -0.3 is 5.32 Å². The monoisotopic (exact) mass is 459 g/mol. The van der Waals surface area contributed by atoms with Gasteiger partial charge in [0.25, 0.3) is 0 Å². The van der Waals surface area contributed by atoms with Crippen molar-refractivity contribution in [2.45, 2.75) is 6.42 Å². The first kappa shape index (κ1) is 14.8. The summed E-state index contributed by atoms with van der Waals surface area (Å²) in [6, 6.07) is 9.08. The van der Waals surface area contributed by atoms with Crippen molar-refractivity contribution in [3.63, 3.8) is 0 Å². The van der Waals surface area contributed by atoms with Gasteiger partial charge in [0.1, 0.15) is 11.7 Å². The highest BCUT2D eigenvalue weighted by Gasteiger charge is 2.10. The third kappa shape index (κ3) is 3.37. The summed E-state index contributed by atoms with van der Waals surface area (Å²) in [5.74, 6) is 0.691. The largest absolute Gasteiger partial charge is 0.331 e. The molecule has 1 N–H and O–H groups in total. The molecule has 0 aliphatic carbocycles. The van der Waals surface area contributed by atoms with Gasteiger partial charge in [0.2, 0.25) is 0 Å². The van der Waals surface area contributed by atoms with Gasteiger partial charge in [0.05, 0.1) is 6.34 Å². The first-order valence-electron chi connectivity index (χ1n) is 6.40. The van der Waals surface area contributed by atoms with E-state index in [2.05, 4.69) is 33.5 Å². The van der Waals surface area contributed by atoms with Crippen LogP contribution in [-0.4, -0.2) is 22.7 Å². The minimum absolute atomic E-state index is 0.198. The predicted molar refractivity (Wildman–Crippen MR) is 99.3 cm³/mol. The lowest BCUT2D eigenvalue weighted by Crippen LogP contribution is -2.24. The van der Waals surface area contributed by atoms with Gasteiger partial charge in [-0.15, -0.1) is 0 Å². The highest BCUT2D eigenvalue weighted by molar-refractivity contribution is 14.2. The van der Waals surface area contributed by atoms with Crippen LogP contribution < -0.4 is 5.32 Å². The Bertz CT molecular complexity index is 771. The molecule has 2 aromatic rings. The Balaban J connectivity index is 1.87. The Morgan fingerprint density at radius 2 is 2.10 bits per heavy atom. The van der Waals surface area contributed by atoms with Crippen LogP contribution in [0.5, 0.6) is 0 Å². The van der Waals surface area contributed by atoms with Gasteiger partial charge in [-0.25, -0.2) is 7.60 Å².